The summed E-state index contributed by atoms with van der Waals surface area (Å²) in [5, 5.41) is 22.3. The number of Topliss-reactive ketones (excluding diaryl/α,β-unsaturated/α-hetero) is 1. The van der Waals surface area contributed by atoms with Crippen LogP contribution in [0, 0.1) is 51.1 Å². The molecule has 1 saturated heterocycles. The van der Waals surface area contributed by atoms with Gasteiger partial charge in [-0.2, -0.15) is 5.26 Å². The third-order valence-corrected chi connectivity index (χ3v) is 11.8. The van der Waals surface area contributed by atoms with Crippen molar-refractivity contribution in [2.45, 2.75) is 96.8 Å². The number of hydrogen-bond acceptors (Lipinski definition) is 6. The Morgan fingerprint density at radius 2 is 1.88 bits per heavy atom. The number of hydrogen-bond donors (Lipinski definition) is 1. The molecule has 0 bridgehead atoms. The second kappa shape index (κ2) is 9.05. The smallest absolute Gasteiger partial charge is 0.147 e. The summed E-state index contributed by atoms with van der Waals surface area (Å²) in [7, 11) is 0. The maximum absolute atomic E-state index is 13.0. The fourth-order valence-electron chi connectivity index (χ4n) is 9.72. The van der Waals surface area contributed by atoms with Gasteiger partial charge in [0.05, 0.1) is 24.1 Å². The molecule has 0 aromatic rings. The molecule has 0 amide bonds. The van der Waals surface area contributed by atoms with E-state index in [2.05, 4.69) is 38.0 Å². The van der Waals surface area contributed by atoms with Crippen molar-refractivity contribution in [3.8, 4) is 5.40 Å². The maximum Gasteiger partial charge on any atom is 0.147 e. The highest BCUT2D eigenvalue weighted by atomic mass is 32.2. The number of nitriles is 1. The fraction of sp³-hybridized carbons (Fsp3) is 0.929. The summed E-state index contributed by atoms with van der Waals surface area (Å²) in [4.78, 5) is 15.5. The summed E-state index contributed by atoms with van der Waals surface area (Å²) in [6.07, 6.45) is 8.85. The van der Waals surface area contributed by atoms with Crippen LogP contribution in [0.5, 0.6) is 0 Å². The summed E-state index contributed by atoms with van der Waals surface area (Å²) >= 11 is 1.11. The van der Waals surface area contributed by atoms with Crippen molar-refractivity contribution in [3.63, 3.8) is 0 Å². The van der Waals surface area contributed by atoms with Crippen LogP contribution >= 0.6 is 11.8 Å². The van der Waals surface area contributed by atoms with Crippen LogP contribution in [0.2, 0.25) is 0 Å². The Labute approximate surface area is 210 Å². The lowest BCUT2D eigenvalue weighted by Gasteiger charge is -2.63. The molecular weight excluding hydrogens is 444 g/mol. The molecule has 1 heterocycles. The van der Waals surface area contributed by atoms with E-state index in [0.717, 1.165) is 57.1 Å². The lowest BCUT2D eigenvalue weighted by molar-refractivity contribution is -0.169. The molecule has 4 aliphatic carbocycles. The van der Waals surface area contributed by atoms with E-state index in [1.807, 2.05) is 0 Å². The van der Waals surface area contributed by atoms with Gasteiger partial charge in [-0.25, -0.2) is 0 Å². The van der Waals surface area contributed by atoms with Gasteiger partial charge in [-0.15, -0.1) is 0 Å². The van der Waals surface area contributed by atoms with Gasteiger partial charge in [0, 0.05) is 25.0 Å². The van der Waals surface area contributed by atoms with Crippen LogP contribution in [-0.2, 0) is 9.53 Å². The van der Waals surface area contributed by atoms with Crippen molar-refractivity contribution >= 4 is 17.5 Å². The number of carbonyl (C=O) groups excluding carboxylic acids is 1. The quantitative estimate of drug-likeness (QED) is 0.569. The molecule has 5 nitrogen and oxygen atoms in total. The van der Waals surface area contributed by atoms with E-state index in [-0.39, 0.29) is 34.5 Å². The Balaban J connectivity index is 1.35. The average molecular weight is 489 g/mol. The Kier molecular flexibility index (Phi) is 6.67. The minimum absolute atomic E-state index is 0.110. The second-order valence-corrected chi connectivity index (χ2v) is 14.1. The number of rotatable bonds is 4. The number of thiocyanates is 1. The van der Waals surface area contributed by atoms with Crippen LogP contribution in [0.15, 0.2) is 0 Å². The summed E-state index contributed by atoms with van der Waals surface area (Å²) in [5.41, 5.74) is 0.237. The largest absolute Gasteiger partial charge is 0.391 e. The number of morpholine rings is 1. The number of aliphatic hydroxyl groups excluding tert-OH is 1. The fourth-order valence-corrected chi connectivity index (χ4v) is 10.1. The minimum Gasteiger partial charge on any atom is -0.391 e. The Morgan fingerprint density at radius 1 is 1.12 bits per heavy atom. The number of aliphatic hydroxyl groups is 1. The van der Waals surface area contributed by atoms with Gasteiger partial charge in [0.2, 0.25) is 0 Å². The first-order valence-electron chi connectivity index (χ1n) is 13.7. The zero-order chi connectivity index (χ0) is 24.3. The number of carbonyl (C=O) groups is 1. The van der Waals surface area contributed by atoms with Gasteiger partial charge in [0.15, 0.2) is 0 Å². The molecule has 4 saturated carbocycles. The SMILES string of the molecule is CC1(C)CN([C@H]2C[C@@]3(C)[C@@H](CC[C@@H]4[C@@H]3CC[C@]3(C)[C@@H](C(=O)CSC#N)CC[C@@H]43)C[C@@H]2O)CCO1. The van der Waals surface area contributed by atoms with E-state index < -0.39 is 0 Å². The summed E-state index contributed by atoms with van der Waals surface area (Å²) in [6, 6.07) is 0.234. The highest BCUT2D eigenvalue weighted by Crippen LogP contribution is 2.67. The van der Waals surface area contributed by atoms with E-state index >= 15 is 0 Å². The summed E-state index contributed by atoms with van der Waals surface area (Å²) in [5.74, 6) is 3.47. The number of ether oxygens (including phenoxy) is 1. The molecule has 34 heavy (non-hydrogen) atoms. The van der Waals surface area contributed by atoms with E-state index in [1.54, 1.807) is 0 Å². The first-order valence-corrected chi connectivity index (χ1v) is 14.7. The standard InChI is InChI=1S/C28H44N2O3S/c1-26(2)16-30(11-12-33-26)23-14-28(4)18(13-24(23)31)5-6-19-20-7-8-22(25(32)15-34-17-29)27(20,3)10-9-21(19)28/h18-24,31H,5-16H2,1-4H3/t18-,19-,20-,21-,22+,23-,24-,27-,28-/m0/s1. The lowest BCUT2D eigenvalue weighted by atomic mass is 9.44. The van der Waals surface area contributed by atoms with Crippen molar-refractivity contribution < 1.29 is 14.6 Å². The molecule has 0 aromatic carbocycles. The molecule has 190 valence electrons. The lowest BCUT2D eigenvalue weighted by Crippen LogP contribution is -2.62. The van der Waals surface area contributed by atoms with E-state index in [9.17, 15) is 9.90 Å². The average Bonchev–Trinajstić information content (AvgIpc) is 3.14. The van der Waals surface area contributed by atoms with E-state index in [0.29, 0.717) is 35.2 Å². The maximum atomic E-state index is 13.0. The van der Waals surface area contributed by atoms with Gasteiger partial charge in [-0.1, -0.05) is 13.8 Å². The predicted octanol–water partition coefficient (Wildman–Crippen LogP) is 4.88. The number of thioether (sulfide) groups is 1. The van der Waals surface area contributed by atoms with E-state index in [4.69, 9.17) is 10.00 Å². The van der Waals surface area contributed by atoms with Gasteiger partial charge in [-0.3, -0.25) is 9.69 Å². The predicted molar refractivity (Wildman–Crippen MR) is 135 cm³/mol. The van der Waals surface area contributed by atoms with Crippen molar-refractivity contribution in [3.05, 3.63) is 0 Å². The molecule has 0 unspecified atom stereocenters. The summed E-state index contributed by atoms with van der Waals surface area (Å²) in [6.45, 7) is 11.9. The van der Waals surface area contributed by atoms with Crippen molar-refractivity contribution in [1.82, 2.24) is 4.90 Å². The van der Waals surface area contributed by atoms with Gasteiger partial charge < -0.3 is 9.84 Å². The molecule has 1 aliphatic heterocycles. The van der Waals surface area contributed by atoms with Crippen LogP contribution in [0.3, 0.4) is 0 Å². The highest BCUT2D eigenvalue weighted by molar-refractivity contribution is 8.04. The molecule has 5 rings (SSSR count). The van der Waals surface area contributed by atoms with Gasteiger partial charge in [-0.05, 0) is 111 Å². The zero-order valence-electron chi connectivity index (χ0n) is 21.6. The van der Waals surface area contributed by atoms with Crippen LogP contribution in [-0.4, -0.2) is 59.0 Å². The van der Waals surface area contributed by atoms with Crippen LogP contribution in [0.25, 0.3) is 0 Å². The normalized spacial score (nSPS) is 48.3. The molecular formula is C28H44N2O3S. The summed E-state index contributed by atoms with van der Waals surface area (Å²) < 4.78 is 5.98. The van der Waals surface area contributed by atoms with Gasteiger partial charge in [0.1, 0.15) is 11.2 Å². The second-order valence-electron chi connectivity index (χ2n) is 13.3. The first-order chi connectivity index (χ1) is 16.1. The van der Waals surface area contributed by atoms with Gasteiger partial charge in [0.25, 0.3) is 0 Å². The molecule has 1 N–H and O–H groups in total. The van der Waals surface area contributed by atoms with E-state index in [1.165, 1.54) is 25.7 Å². The Morgan fingerprint density at radius 3 is 2.62 bits per heavy atom. The molecule has 0 radical (unpaired) electrons. The number of fused-ring (bicyclic) bond motifs is 5. The molecule has 9 atom stereocenters. The van der Waals surface area contributed by atoms with Gasteiger partial charge >= 0.3 is 0 Å². The molecule has 5 aliphatic rings. The molecule has 6 heteroatoms. The van der Waals surface area contributed by atoms with Crippen molar-refractivity contribution in [2.24, 2.45) is 40.4 Å². The van der Waals surface area contributed by atoms with Crippen molar-refractivity contribution in [1.29, 1.82) is 5.26 Å². The Hall–Kier alpha value is -0.610. The first kappa shape index (κ1) is 25.1. The Bertz CT molecular complexity index is 842. The van der Waals surface area contributed by atoms with Crippen LogP contribution in [0.1, 0.15) is 79.1 Å². The third kappa shape index (κ3) is 4.07. The highest BCUT2D eigenvalue weighted by Gasteiger charge is 2.62. The van der Waals surface area contributed by atoms with Crippen LogP contribution < -0.4 is 0 Å². The molecule has 0 aromatic heterocycles. The van der Waals surface area contributed by atoms with Crippen molar-refractivity contribution in [2.75, 3.05) is 25.4 Å². The number of ketones is 1. The van der Waals surface area contributed by atoms with Crippen LogP contribution in [0.4, 0.5) is 0 Å². The number of nitrogens with zero attached hydrogens (tertiary/aromatic N) is 2. The molecule has 5 fully saturated rings. The third-order valence-electron chi connectivity index (χ3n) is 11.3. The topological polar surface area (TPSA) is 73.6 Å². The monoisotopic (exact) mass is 488 g/mol. The zero-order valence-corrected chi connectivity index (χ0v) is 22.4. The minimum atomic E-state index is -0.233. The molecule has 0 spiro atoms.